The molecular formula is C23H18Cl2F2N4O2. The third-order valence-corrected chi connectivity index (χ3v) is 5.73. The van der Waals surface area contributed by atoms with Gasteiger partial charge in [-0.1, -0.05) is 28.4 Å². The van der Waals surface area contributed by atoms with Crippen LogP contribution in [-0.4, -0.2) is 30.1 Å². The van der Waals surface area contributed by atoms with E-state index in [9.17, 15) is 13.6 Å². The van der Waals surface area contributed by atoms with Gasteiger partial charge in [0.05, 0.1) is 34.0 Å². The van der Waals surface area contributed by atoms with Crippen LogP contribution in [0.1, 0.15) is 22.3 Å². The molecule has 0 saturated heterocycles. The number of halogens is 4. The molecule has 0 radical (unpaired) electrons. The van der Waals surface area contributed by atoms with E-state index in [2.05, 4.69) is 15.7 Å². The molecule has 170 valence electrons. The Hall–Kier alpha value is -3.07. The zero-order valence-corrected chi connectivity index (χ0v) is 18.6. The van der Waals surface area contributed by atoms with Gasteiger partial charge in [-0.3, -0.25) is 4.79 Å². The topological polar surface area (TPSA) is 77.3 Å². The Morgan fingerprint density at radius 3 is 2.61 bits per heavy atom. The molecule has 0 spiro atoms. The molecule has 1 aliphatic rings. The van der Waals surface area contributed by atoms with Gasteiger partial charge in [0.25, 0.3) is 0 Å². The standard InChI is InChI=1S/C23H18Cl2F2N4O2/c24-19-5-3-16(31-12-15(7-8-32)29-30-31)11-18(19)23(33)17-4-2-14(10-20(17)25)28-22-6-1-13(26)9-21(22)27/h1-6,9-11,15,28,32H,7-8,12H2. The van der Waals surface area contributed by atoms with Crippen molar-refractivity contribution < 1.29 is 18.7 Å². The zero-order chi connectivity index (χ0) is 23.5. The molecule has 1 unspecified atom stereocenters. The molecule has 0 bridgehead atoms. The molecule has 3 aromatic rings. The number of ketones is 1. The minimum atomic E-state index is -0.754. The van der Waals surface area contributed by atoms with Crippen molar-refractivity contribution in [3.05, 3.63) is 87.4 Å². The molecule has 0 saturated carbocycles. The lowest BCUT2D eigenvalue weighted by Gasteiger charge is -2.16. The average molecular weight is 491 g/mol. The molecule has 1 atom stereocenters. The van der Waals surface area contributed by atoms with Gasteiger partial charge in [-0.25, -0.2) is 13.8 Å². The van der Waals surface area contributed by atoms with Crippen LogP contribution in [0.25, 0.3) is 0 Å². The number of benzene rings is 3. The van der Waals surface area contributed by atoms with Gasteiger partial charge in [0.1, 0.15) is 11.6 Å². The quantitative estimate of drug-likeness (QED) is 0.387. The van der Waals surface area contributed by atoms with Crippen molar-refractivity contribution in [1.82, 2.24) is 0 Å². The molecule has 0 amide bonds. The fourth-order valence-corrected chi connectivity index (χ4v) is 3.85. The Morgan fingerprint density at radius 1 is 1.06 bits per heavy atom. The van der Waals surface area contributed by atoms with E-state index in [1.807, 2.05) is 0 Å². The van der Waals surface area contributed by atoms with Gasteiger partial charge < -0.3 is 10.4 Å². The molecule has 1 heterocycles. The normalized spacial score (nSPS) is 15.2. The highest BCUT2D eigenvalue weighted by atomic mass is 35.5. The third kappa shape index (κ3) is 5.13. The van der Waals surface area contributed by atoms with Gasteiger partial charge in [-0.05, 0) is 55.0 Å². The first-order valence-electron chi connectivity index (χ1n) is 10.0. The molecule has 33 heavy (non-hydrogen) atoms. The summed E-state index contributed by atoms with van der Waals surface area (Å²) in [6, 6.07) is 12.5. The van der Waals surface area contributed by atoms with E-state index >= 15 is 0 Å². The van der Waals surface area contributed by atoms with Crippen LogP contribution >= 0.6 is 23.2 Å². The van der Waals surface area contributed by atoms with Crippen molar-refractivity contribution in [2.24, 2.45) is 10.3 Å². The van der Waals surface area contributed by atoms with E-state index in [1.54, 1.807) is 29.3 Å². The number of carbonyl (C=O) groups excluding carboxylic acids is 1. The first kappa shape index (κ1) is 23.1. The predicted molar refractivity (Wildman–Crippen MR) is 124 cm³/mol. The van der Waals surface area contributed by atoms with Crippen molar-refractivity contribution >= 4 is 46.0 Å². The number of aliphatic hydroxyl groups is 1. The van der Waals surface area contributed by atoms with Crippen molar-refractivity contribution in [2.75, 3.05) is 23.5 Å². The number of hydrogen-bond acceptors (Lipinski definition) is 6. The van der Waals surface area contributed by atoms with E-state index in [0.29, 0.717) is 24.3 Å². The van der Waals surface area contributed by atoms with Gasteiger partial charge in [-0.15, -0.1) is 0 Å². The summed E-state index contributed by atoms with van der Waals surface area (Å²) in [6.07, 6.45) is 0.497. The SMILES string of the molecule is O=C(c1ccc(Nc2ccc(F)cc2F)cc1Cl)c1cc(N2CC(CCO)N=N2)ccc1Cl. The largest absolute Gasteiger partial charge is 0.396 e. The summed E-state index contributed by atoms with van der Waals surface area (Å²) in [5.41, 5.74) is 1.58. The second-order valence-electron chi connectivity index (χ2n) is 7.39. The number of carbonyl (C=O) groups is 1. The smallest absolute Gasteiger partial charge is 0.196 e. The summed E-state index contributed by atoms with van der Waals surface area (Å²) in [5, 5.41) is 22.1. The van der Waals surface area contributed by atoms with Crippen LogP contribution in [0.3, 0.4) is 0 Å². The van der Waals surface area contributed by atoms with E-state index in [-0.39, 0.29) is 39.5 Å². The molecule has 3 aromatic carbocycles. The first-order valence-corrected chi connectivity index (χ1v) is 10.8. The van der Waals surface area contributed by atoms with Crippen LogP contribution in [0.2, 0.25) is 10.0 Å². The van der Waals surface area contributed by atoms with Crippen molar-refractivity contribution in [2.45, 2.75) is 12.5 Å². The molecule has 0 aromatic heterocycles. The van der Waals surface area contributed by atoms with Gasteiger partial charge in [0, 0.05) is 29.5 Å². The number of nitrogens with one attached hydrogen (secondary N) is 1. The summed E-state index contributed by atoms with van der Waals surface area (Å²) in [7, 11) is 0. The average Bonchev–Trinajstić information content (AvgIpc) is 3.25. The van der Waals surface area contributed by atoms with Crippen LogP contribution in [0, 0.1) is 11.6 Å². The lowest BCUT2D eigenvalue weighted by molar-refractivity contribution is 0.103. The highest BCUT2D eigenvalue weighted by Crippen LogP contribution is 2.31. The highest BCUT2D eigenvalue weighted by molar-refractivity contribution is 6.38. The summed E-state index contributed by atoms with van der Waals surface area (Å²) in [6.45, 7) is 0.496. The Bertz CT molecular complexity index is 1240. The van der Waals surface area contributed by atoms with E-state index in [4.69, 9.17) is 28.3 Å². The van der Waals surface area contributed by atoms with Crippen LogP contribution in [0.4, 0.5) is 25.8 Å². The number of nitrogens with zero attached hydrogens (tertiary/aromatic N) is 3. The van der Waals surface area contributed by atoms with Gasteiger partial charge in [0.2, 0.25) is 0 Å². The van der Waals surface area contributed by atoms with E-state index in [1.165, 1.54) is 18.2 Å². The molecule has 4 rings (SSSR count). The maximum absolute atomic E-state index is 13.9. The Morgan fingerprint density at radius 2 is 1.88 bits per heavy atom. The molecule has 2 N–H and O–H groups in total. The lowest BCUT2D eigenvalue weighted by Crippen LogP contribution is -2.21. The molecule has 1 aliphatic heterocycles. The van der Waals surface area contributed by atoms with Crippen LogP contribution in [0.15, 0.2) is 64.9 Å². The van der Waals surface area contributed by atoms with E-state index in [0.717, 1.165) is 12.1 Å². The maximum Gasteiger partial charge on any atom is 0.196 e. The van der Waals surface area contributed by atoms with Crippen molar-refractivity contribution in [3.63, 3.8) is 0 Å². The predicted octanol–water partition coefficient (Wildman–Crippen LogP) is 6.18. The molecule has 0 fully saturated rings. The van der Waals surface area contributed by atoms with Crippen LogP contribution in [0.5, 0.6) is 0 Å². The Labute approximate surface area is 198 Å². The van der Waals surface area contributed by atoms with Crippen LogP contribution in [-0.2, 0) is 0 Å². The maximum atomic E-state index is 13.9. The number of anilines is 3. The summed E-state index contributed by atoms with van der Waals surface area (Å²) in [5.74, 6) is -1.83. The minimum absolute atomic E-state index is 0.0129. The summed E-state index contributed by atoms with van der Waals surface area (Å²) in [4.78, 5) is 13.2. The first-order chi connectivity index (χ1) is 15.9. The molecule has 10 heteroatoms. The second-order valence-corrected chi connectivity index (χ2v) is 8.20. The van der Waals surface area contributed by atoms with Gasteiger partial charge >= 0.3 is 0 Å². The number of rotatable bonds is 7. The number of aliphatic hydroxyl groups excluding tert-OH is 1. The second kappa shape index (κ2) is 9.82. The van der Waals surface area contributed by atoms with E-state index < -0.39 is 17.4 Å². The summed E-state index contributed by atoms with van der Waals surface area (Å²) >= 11 is 12.6. The Kier molecular flexibility index (Phi) is 6.88. The van der Waals surface area contributed by atoms with Crippen molar-refractivity contribution in [1.29, 1.82) is 0 Å². The fourth-order valence-electron chi connectivity index (χ4n) is 3.38. The minimum Gasteiger partial charge on any atom is -0.396 e. The molecule has 6 nitrogen and oxygen atoms in total. The number of hydrogen-bond donors (Lipinski definition) is 2. The van der Waals surface area contributed by atoms with Gasteiger partial charge in [-0.2, -0.15) is 5.11 Å². The lowest BCUT2D eigenvalue weighted by atomic mass is 10.0. The zero-order valence-electron chi connectivity index (χ0n) is 17.1. The fraction of sp³-hybridized carbons (Fsp3) is 0.174. The highest BCUT2D eigenvalue weighted by Gasteiger charge is 2.23. The molecular weight excluding hydrogens is 473 g/mol. The van der Waals surface area contributed by atoms with Crippen LogP contribution < -0.4 is 10.3 Å². The molecule has 0 aliphatic carbocycles. The third-order valence-electron chi connectivity index (χ3n) is 5.09. The summed E-state index contributed by atoms with van der Waals surface area (Å²) < 4.78 is 27.0. The van der Waals surface area contributed by atoms with Crippen molar-refractivity contribution in [3.8, 4) is 0 Å². The Balaban J connectivity index is 1.56. The monoisotopic (exact) mass is 490 g/mol. The van der Waals surface area contributed by atoms with Gasteiger partial charge in [0.15, 0.2) is 5.78 Å².